The molecule has 0 bridgehead atoms. The van der Waals surface area contributed by atoms with Gasteiger partial charge in [-0.1, -0.05) is 32.9 Å². The summed E-state index contributed by atoms with van der Waals surface area (Å²) in [4.78, 5) is 0. The lowest BCUT2D eigenvalue weighted by Crippen LogP contribution is -2.23. The Morgan fingerprint density at radius 1 is 1.06 bits per heavy atom. The average Bonchev–Trinajstić information content (AvgIpc) is 2.26. The fraction of sp³-hybridized carbons (Fsp3) is 0.533. The Hall–Kier alpha value is -1.33. The number of nitriles is 1. The maximum Gasteiger partial charge on any atom is 0.0991 e. The van der Waals surface area contributed by atoms with Gasteiger partial charge in [0.1, 0.15) is 0 Å². The lowest BCUT2D eigenvalue weighted by Gasteiger charge is -2.28. The molecule has 0 aromatic heterocycles. The van der Waals surface area contributed by atoms with Crippen LogP contribution in [0.25, 0.3) is 0 Å². The Morgan fingerprint density at radius 3 is 2.00 bits per heavy atom. The molecule has 1 N–H and O–H groups in total. The van der Waals surface area contributed by atoms with E-state index in [2.05, 4.69) is 26.8 Å². The maximum absolute atomic E-state index is 10.4. The highest BCUT2D eigenvalue weighted by Gasteiger charge is 2.25. The normalized spacial score (nSPS) is 15.1. The minimum Gasteiger partial charge on any atom is -0.385 e. The van der Waals surface area contributed by atoms with Crippen LogP contribution >= 0.6 is 0 Å². The molecule has 2 heteroatoms. The molecule has 0 radical (unpaired) electrons. The van der Waals surface area contributed by atoms with Crippen LogP contribution in [0.2, 0.25) is 0 Å². The zero-order valence-corrected chi connectivity index (χ0v) is 11.1. The van der Waals surface area contributed by atoms with Crippen molar-refractivity contribution in [2.45, 2.75) is 46.1 Å². The zero-order chi connectivity index (χ0) is 13.1. The van der Waals surface area contributed by atoms with Crippen molar-refractivity contribution >= 4 is 0 Å². The second kappa shape index (κ2) is 4.89. The van der Waals surface area contributed by atoms with Crippen LogP contribution in [-0.2, 0) is 5.60 Å². The van der Waals surface area contributed by atoms with Crippen molar-refractivity contribution in [3.05, 3.63) is 35.4 Å². The molecule has 0 aliphatic rings. The fourth-order valence-electron chi connectivity index (χ4n) is 1.67. The average molecular weight is 231 g/mol. The smallest absolute Gasteiger partial charge is 0.0991 e. The summed E-state index contributed by atoms with van der Waals surface area (Å²) in [5.74, 6) is 0. The van der Waals surface area contributed by atoms with Gasteiger partial charge in [-0.2, -0.15) is 5.26 Å². The van der Waals surface area contributed by atoms with Gasteiger partial charge in [0, 0.05) is 0 Å². The summed E-state index contributed by atoms with van der Waals surface area (Å²) in [6, 6.07) is 9.25. The van der Waals surface area contributed by atoms with Crippen molar-refractivity contribution < 1.29 is 5.11 Å². The second-order valence-electron chi connectivity index (χ2n) is 6.02. The minimum absolute atomic E-state index is 0.219. The van der Waals surface area contributed by atoms with E-state index < -0.39 is 5.60 Å². The molecule has 1 rings (SSSR count). The third-order valence-corrected chi connectivity index (χ3v) is 3.00. The third-order valence-electron chi connectivity index (χ3n) is 3.00. The monoisotopic (exact) mass is 231 g/mol. The van der Waals surface area contributed by atoms with Gasteiger partial charge in [0.2, 0.25) is 0 Å². The summed E-state index contributed by atoms with van der Waals surface area (Å²) in [6.07, 6.45) is 1.68. The van der Waals surface area contributed by atoms with Crippen LogP contribution in [0.3, 0.4) is 0 Å². The van der Waals surface area contributed by atoms with Crippen molar-refractivity contribution in [2.24, 2.45) is 5.41 Å². The van der Waals surface area contributed by atoms with Crippen molar-refractivity contribution in [2.75, 3.05) is 0 Å². The Balaban J connectivity index is 2.79. The van der Waals surface area contributed by atoms with Crippen LogP contribution < -0.4 is 0 Å². The molecule has 1 aromatic carbocycles. The van der Waals surface area contributed by atoms with Crippen molar-refractivity contribution in [1.29, 1.82) is 5.26 Å². The Bertz CT molecular complexity index is 404. The van der Waals surface area contributed by atoms with E-state index in [1.807, 2.05) is 19.1 Å². The largest absolute Gasteiger partial charge is 0.385 e. The Labute approximate surface area is 104 Å². The van der Waals surface area contributed by atoms with Crippen LogP contribution in [0.4, 0.5) is 0 Å². The third kappa shape index (κ3) is 4.20. The fourth-order valence-corrected chi connectivity index (χ4v) is 1.67. The first-order valence-electron chi connectivity index (χ1n) is 5.98. The summed E-state index contributed by atoms with van der Waals surface area (Å²) in [5.41, 5.74) is 0.902. The molecule has 0 heterocycles. The summed E-state index contributed by atoms with van der Waals surface area (Å²) in [7, 11) is 0. The number of hydrogen-bond acceptors (Lipinski definition) is 2. The standard InChI is InChI=1S/C15H21NO/c1-14(2,3)9-10-15(4,17)13-7-5-12(11-16)6-8-13/h5-8,17H,9-10H2,1-4H3. The highest BCUT2D eigenvalue weighted by Crippen LogP contribution is 2.31. The lowest BCUT2D eigenvalue weighted by atomic mass is 9.82. The van der Waals surface area contributed by atoms with Crippen LogP contribution in [0.5, 0.6) is 0 Å². The van der Waals surface area contributed by atoms with E-state index in [-0.39, 0.29) is 5.41 Å². The molecule has 1 aromatic rings. The van der Waals surface area contributed by atoms with Gasteiger partial charge in [-0.15, -0.1) is 0 Å². The SMILES string of the molecule is CC(C)(C)CCC(C)(O)c1ccc(C#N)cc1. The van der Waals surface area contributed by atoms with Gasteiger partial charge in [-0.3, -0.25) is 0 Å². The molecule has 1 unspecified atom stereocenters. The quantitative estimate of drug-likeness (QED) is 0.864. The van der Waals surface area contributed by atoms with E-state index in [9.17, 15) is 5.11 Å². The van der Waals surface area contributed by atoms with E-state index in [4.69, 9.17) is 5.26 Å². The van der Waals surface area contributed by atoms with E-state index >= 15 is 0 Å². The predicted octanol–water partition coefficient (Wildman–Crippen LogP) is 3.59. The first-order chi connectivity index (χ1) is 7.74. The predicted molar refractivity (Wildman–Crippen MR) is 69.4 cm³/mol. The number of nitrogens with zero attached hydrogens (tertiary/aromatic N) is 1. The highest BCUT2D eigenvalue weighted by molar-refractivity contribution is 5.33. The molecule has 17 heavy (non-hydrogen) atoms. The summed E-state index contributed by atoms with van der Waals surface area (Å²) in [6.45, 7) is 8.34. The number of aliphatic hydroxyl groups is 1. The highest BCUT2D eigenvalue weighted by atomic mass is 16.3. The van der Waals surface area contributed by atoms with Gasteiger partial charge in [0.05, 0.1) is 17.2 Å². The van der Waals surface area contributed by atoms with E-state index in [0.717, 1.165) is 18.4 Å². The van der Waals surface area contributed by atoms with Gasteiger partial charge in [-0.05, 0) is 42.9 Å². The van der Waals surface area contributed by atoms with Crippen LogP contribution in [0, 0.1) is 16.7 Å². The topological polar surface area (TPSA) is 44.0 Å². The van der Waals surface area contributed by atoms with Gasteiger partial charge in [0.25, 0.3) is 0 Å². The van der Waals surface area contributed by atoms with E-state index in [0.29, 0.717) is 5.56 Å². The molecule has 0 saturated carbocycles. The summed E-state index contributed by atoms with van der Waals surface area (Å²) < 4.78 is 0. The minimum atomic E-state index is -0.818. The van der Waals surface area contributed by atoms with E-state index in [1.54, 1.807) is 12.1 Å². The van der Waals surface area contributed by atoms with Crippen LogP contribution in [0.15, 0.2) is 24.3 Å². The molecular weight excluding hydrogens is 210 g/mol. The Morgan fingerprint density at radius 2 is 1.59 bits per heavy atom. The second-order valence-corrected chi connectivity index (χ2v) is 6.02. The maximum atomic E-state index is 10.4. The first kappa shape index (κ1) is 13.7. The lowest BCUT2D eigenvalue weighted by molar-refractivity contribution is 0.0358. The van der Waals surface area contributed by atoms with Crippen LogP contribution in [-0.4, -0.2) is 5.11 Å². The van der Waals surface area contributed by atoms with Crippen molar-refractivity contribution in [3.8, 4) is 6.07 Å². The zero-order valence-electron chi connectivity index (χ0n) is 11.1. The van der Waals surface area contributed by atoms with Gasteiger partial charge in [-0.25, -0.2) is 0 Å². The summed E-state index contributed by atoms with van der Waals surface area (Å²) >= 11 is 0. The van der Waals surface area contributed by atoms with E-state index in [1.165, 1.54) is 0 Å². The summed E-state index contributed by atoms with van der Waals surface area (Å²) in [5, 5.41) is 19.2. The molecule has 2 nitrogen and oxygen atoms in total. The first-order valence-corrected chi connectivity index (χ1v) is 5.98. The van der Waals surface area contributed by atoms with Gasteiger partial charge < -0.3 is 5.11 Å². The molecular formula is C15H21NO. The molecule has 0 saturated heterocycles. The molecule has 0 aliphatic carbocycles. The van der Waals surface area contributed by atoms with Crippen LogP contribution in [0.1, 0.15) is 51.7 Å². The van der Waals surface area contributed by atoms with Crippen molar-refractivity contribution in [3.63, 3.8) is 0 Å². The molecule has 0 fully saturated rings. The molecule has 1 atom stereocenters. The number of benzene rings is 1. The van der Waals surface area contributed by atoms with Gasteiger partial charge in [0.15, 0.2) is 0 Å². The Kier molecular flexibility index (Phi) is 3.95. The van der Waals surface area contributed by atoms with Crippen molar-refractivity contribution in [1.82, 2.24) is 0 Å². The molecule has 92 valence electrons. The molecule has 0 amide bonds. The number of rotatable bonds is 3. The van der Waals surface area contributed by atoms with Gasteiger partial charge >= 0.3 is 0 Å². The molecule has 0 spiro atoms. The molecule has 0 aliphatic heterocycles. The number of hydrogen-bond donors (Lipinski definition) is 1.